The number of hydrogen-bond acceptors (Lipinski definition) is 1. The van der Waals surface area contributed by atoms with Crippen molar-refractivity contribution < 1.29 is 4.79 Å². The predicted octanol–water partition coefficient (Wildman–Crippen LogP) is 0.295. The van der Waals surface area contributed by atoms with Crippen LogP contribution in [0.15, 0.2) is 0 Å². The summed E-state index contributed by atoms with van der Waals surface area (Å²) in [6.45, 7) is 0. The van der Waals surface area contributed by atoms with Gasteiger partial charge in [-0.2, -0.15) is 0 Å². The van der Waals surface area contributed by atoms with E-state index in [0.717, 1.165) is 3.93 Å². The minimum absolute atomic E-state index is 1.13. The molecule has 0 aliphatic heterocycles. The first-order valence-electron chi connectivity index (χ1n) is 1.04. The van der Waals surface area contributed by atoms with Gasteiger partial charge in [-0.25, -0.2) is 0 Å². The normalized spacial score (nSPS) is 6.80. The quantitative estimate of drug-likeness (QED) is 0.375. The van der Waals surface area contributed by atoms with E-state index in [9.17, 15) is 4.79 Å². The molecule has 3 heteroatoms. The van der Waals surface area contributed by atoms with E-state index in [4.69, 9.17) is 0 Å². The molecule has 29 valence electrons. The zero-order valence-corrected chi connectivity index (χ0v) is 4.32. The molecule has 0 saturated carbocycles. The van der Waals surface area contributed by atoms with Crippen molar-refractivity contribution in [1.29, 1.82) is 0 Å². The Morgan fingerprint density at radius 3 is 2.20 bits per heavy atom. The number of nitrogens with zero attached hydrogens (tertiary/aromatic N) is 1. The maximum atomic E-state index is 9.26. The lowest BCUT2D eigenvalue weighted by Gasteiger charge is -1.86. The topological polar surface area (TPSA) is 20.3 Å². The first-order chi connectivity index (χ1) is 2.27. The second-order valence-electron chi connectivity index (χ2n) is 0.568. The SMILES string of the molecule is CN(Br)[C]=O. The van der Waals surface area contributed by atoms with Crippen LogP contribution < -0.4 is 0 Å². The van der Waals surface area contributed by atoms with Crippen LogP contribution in [0.1, 0.15) is 0 Å². The van der Waals surface area contributed by atoms with Gasteiger partial charge in [0.2, 0.25) is 0 Å². The standard InChI is InChI=1S/C2H3BrNO/c1-4(3)2-5/h1H3. The molecular weight excluding hydrogens is 134 g/mol. The van der Waals surface area contributed by atoms with E-state index in [1.54, 1.807) is 7.05 Å². The molecule has 0 fully saturated rings. The van der Waals surface area contributed by atoms with Gasteiger partial charge in [-0.05, 0) is 0 Å². The van der Waals surface area contributed by atoms with Crippen LogP contribution in [0, 0.1) is 0 Å². The highest BCUT2D eigenvalue weighted by atomic mass is 79.9. The van der Waals surface area contributed by atoms with Crippen LogP contribution in [0.4, 0.5) is 0 Å². The van der Waals surface area contributed by atoms with Gasteiger partial charge in [0.25, 0.3) is 0 Å². The fourth-order valence-corrected chi connectivity index (χ4v) is 0. The second-order valence-corrected chi connectivity index (χ2v) is 1.63. The molecule has 5 heavy (non-hydrogen) atoms. The Kier molecular flexibility index (Phi) is 2.18. The zero-order valence-electron chi connectivity index (χ0n) is 2.73. The fourth-order valence-electron chi connectivity index (χ4n) is 0. The minimum Gasteiger partial charge on any atom is -0.274 e. The van der Waals surface area contributed by atoms with Crippen LogP contribution in [0.3, 0.4) is 0 Å². The summed E-state index contributed by atoms with van der Waals surface area (Å²) >= 11 is 2.78. The third-order valence-electron chi connectivity index (χ3n) is 0.126. The summed E-state index contributed by atoms with van der Waals surface area (Å²) in [5.74, 6) is 0. The van der Waals surface area contributed by atoms with Crippen LogP contribution in [-0.2, 0) is 4.79 Å². The highest BCUT2D eigenvalue weighted by molar-refractivity contribution is 9.07. The molecule has 0 rings (SSSR count). The number of halogens is 1. The first-order valence-corrected chi connectivity index (χ1v) is 1.75. The predicted molar refractivity (Wildman–Crippen MR) is 22.4 cm³/mol. The summed E-state index contributed by atoms with van der Waals surface area (Å²) in [4.78, 5) is 9.26. The zero-order chi connectivity index (χ0) is 4.28. The summed E-state index contributed by atoms with van der Waals surface area (Å²) < 4.78 is 1.13. The van der Waals surface area contributed by atoms with Crippen molar-refractivity contribution in [3.63, 3.8) is 0 Å². The summed E-state index contributed by atoms with van der Waals surface area (Å²) in [7, 11) is 1.55. The van der Waals surface area contributed by atoms with Crippen molar-refractivity contribution in [3.05, 3.63) is 0 Å². The Bertz CT molecular complexity index is 36.6. The molecular formula is C2H3BrNO. The van der Waals surface area contributed by atoms with Crippen molar-refractivity contribution in [3.8, 4) is 0 Å². The molecule has 0 aromatic heterocycles. The molecule has 0 heterocycles. The van der Waals surface area contributed by atoms with Crippen LogP contribution in [0.5, 0.6) is 0 Å². The van der Waals surface area contributed by atoms with Gasteiger partial charge >= 0.3 is 6.41 Å². The van der Waals surface area contributed by atoms with E-state index in [2.05, 4.69) is 16.1 Å². The average molecular weight is 137 g/mol. The van der Waals surface area contributed by atoms with E-state index in [-0.39, 0.29) is 0 Å². The van der Waals surface area contributed by atoms with Crippen molar-refractivity contribution in [2.24, 2.45) is 0 Å². The molecule has 0 bridgehead atoms. The van der Waals surface area contributed by atoms with Gasteiger partial charge in [-0.1, -0.05) is 0 Å². The Hall–Kier alpha value is -0.0500. The number of carbonyl (C=O) groups excluding carboxylic acids is 1. The molecule has 0 aromatic carbocycles. The lowest BCUT2D eigenvalue weighted by atomic mass is 11.2. The molecule has 1 radical (unpaired) electrons. The minimum atomic E-state index is 1.13. The van der Waals surface area contributed by atoms with Gasteiger partial charge in [0.15, 0.2) is 0 Å². The molecule has 2 nitrogen and oxygen atoms in total. The molecule has 0 aliphatic carbocycles. The van der Waals surface area contributed by atoms with E-state index < -0.39 is 0 Å². The molecule has 0 spiro atoms. The maximum absolute atomic E-state index is 9.26. The van der Waals surface area contributed by atoms with Gasteiger partial charge in [0.1, 0.15) is 0 Å². The highest BCUT2D eigenvalue weighted by Gasteiger charge is 1.75. The summed E-state index contributed by atoms with van der Waals surface area (Å²) in [6, 6.07) is 0. The second kappa shape index (κ2) is 2.20. The molecule has 0 N–H and O–H groups in total. The third-order valence-corrected chi connectivity index (χ3v) is 0.271. The van der Waals surface area contributed by atoms with Gasteiger partial charge in [0, 0.05) is 7.05 Å². The van der Waals surface area contributed by atoms with E-state index in [1.807, 2.05) is 0 Å². The summed E-state index contributed by atoms with van der Waals surface area (Å²) in [5.41, 5.74) is 0. The largest absolute Gasteiger partial charge is 0.322 e. The fraction of sp³-hybridized carbons (Fsp3) is 0.500. The van der Waals surface area contributed by atoms with E-state index in [0.29, 0.717) is 0 Å². The molecule has 0 saturated heterocycles. The Morgan fingerprint density at radius 2 is 2.20 bits per heavy atom. The van der Waals surface area contributed by atoms with E-state index >= 15 is 0 Å². The van der Waals surface area contributed by atoms with Gasteiger partial charge in [-0.3, -0.25) is 8.72 Å². The maximum Gasteiger partial charge on any atom is 0.322 e. The van der Waals surface area contributed by atoms with Crippen molar-refractivity contribution in [2.75, 3.05) is 7.05 Å². The number of hydrogen-bond donors (Lipinski definition) is 0. The summed E-state index contributed by atoms with van der Waals surface area (Å²) in [6.07, 6.45) is 1.53. The molecule has 0 aliphatic rings. The lowest BCUT2D eigenvalue weighted by Crippen LogP contribution is -1.96. The number of rotatable bonds is 1. The molecule has 0 atom stereocenters. The van der Waals surface area contributed by atoms with Crippen LogP contribution >= 0.6 is 16.1 Å². The first kappa shape index (κ1) is 4.95. The van der Waals surface area contributed by atoms with Crippen LogP contribution in [0.2, 0.25) is 0 Å². The van der Waals surface area contributed by atoms with Crippen molar-refractivity contribution >= 4 is 22.6 Å². The highest BCUT2D eigenvalue weighted by Crippen LogP contribution is 1.79. The van der Waals surface area contributed by atoms with E-state index in [1.165, 1.54) is 6.41 Å². The van der Waals surface area contributed by atoms with Gasteiger partial charge in [0.05, 0.1) is 16.1 Å². The van der Waals surface area contributed by atoms with Gasteiger partial charge < -0.3 is 0 Å². The van der Waals surface area contributed by atoms with Crippen LogP contribution in [0.25, 0.3) is 0 Å². The summed E-state index contributed by atoms with van der Waals surface area (Å²) in [5, 5.41) is 0. The smallest absolute Gasteiger partial charge is 0.274 e. The molecule has 0 aromatic rings. The van der Waals surface area contributed by atoms with Crippen molar-refractivity contribution in [1.82, 2.24) is 3.93 Å². The van der Waals surface area contributed by atoms with Crippen LogP contribution in [-0.4, -0.2) is 17.4 Å². The Balaban J connectivity index is 2.83. The average Bonchev–Trinajstić information content (AvgIpc) is 1.38. The third kappa shape index (κ3) is 3.95. The Morgan fingerprint density at radius 1 is 2.00 bits per heavy atom. The van der Waals surface area contributed by atoms with Gasteiger partial charge in [-0.15, -0.1) is 0 Å². The monoisotopic (exact) mass is 136 g/mol. The van der Waals surface area contributed by atoms with Crippen molar-refractivity contribution in [2.45, 2.75) is 0 Å². The molecule has 1 amide bonds. The molecule has 0 unspecified atom stereocenters. The number of amides is 1. The lowest BCUT2D eigenvalue weighted by molar-refractivity contribution is 0.527. The Labute approximate surface area is 39.1 Å².